The van der Waals surface area contributed by atoms with E-state index < -0.39 is 0 Å². The van der Waals surface area contributed by atoms with Crippen molar-refractivity contribution in [1.82, 2.24) is 5.32 Å². The molecular weight excluding hydrogens is 170 g/mol. The maximum absolute atomic E-state index is 10.9. The topological polar surface area (TPSA) is 58.6 Å². The summed E-state index contributed by atoms with van der Waals surface area (Å²) >= 11 is 0. The molecule has 13 heavy (non-hydrogen) atoms. The number of carbonyl (C=O) groups is 1. The molecule has 0 aliphatic rings. The first-order valence-electron chi connectivity index (χ1n) is 4.63. The normalized spacial score (nSPS) is 13.0. The number of nitrogens with one attached hydrogen (secondary N) is 1. The van der Waals surface area contributed by atoms with Gasteiger partial charge in [-0.15, -0.1) is 0 Å². The molecule has 2 N–H and O–H groups in total. The first kappa shape index (κ1) is 12.4. The molecule has 4 heteroatoms. The van der Waals surface area contributed by atoms with Gasteiger partial charge in [-0.1, -0.05) is 6.92 Å². The highest BCUT2D eigenvalue weighted by molar-refractivity contribution is 5.75. The molecule has 0 aromatic heterocycles. The molecule has 0 rings (SSSR count). The number of aliphatic hydroxyl groups is 1. The summed E-state index contributed by atoms with van der Waals surface area (Å²) in [5, 5.41) is 11.5. The number of rotatable bonds is 6. The van der Waals surface area contributed by atoms with E-state index in [0.29, 0.717) is 13.0 Å². The minimum absolute atomic E-state index is 0.0224. The van der Waals surface area contributed by atoms with Gasteiger partial charge in [-0.3, -0.25) is 4.79 Å². The summed E-state index contributed by atoms with van der Waals surface area (Å²) in [7, 11) is 0. The Labute approximate surface area is 79.3 Å². The van der Waals surface area contributed by atoms with Gasteiger partial charge in [0.2, 0.25) is 5.91 Å². The fraction of sp³-hybridized carbons (Fsp3) is 0.889. The van der Waals surface area contributed by atoms with Crippen molar-refractivity contribution >= 4 is 5.91 Å². The third-order valence-electron chi connectivity index (χ3n) is 1.52. The summed E-state index contributed by atoms with van der Waals surface area (Å²) in [6.07, 6.45) is 0.228. The number of ether oxygens (including phenoxy) is 1. The Balaban J connectivity index is 3.65. The van der Waals surface area contributed by atoms with E-state index in [-0.39, 0.29) is 24.7 Å². The highest BCUT2D eigenvalue weighted by Crippen LogP contribution is 1.96. The van der Waals surface area contributed by atoms with Crippen LogP contribution in [0, 0.1) is 0 Å². The van der Waals surface area contributed by atoms with Crippen LogP contribution >= 0.6 is 0 Å². The fourth-order valence-electron chi connectivity index (χ4n) is 0.893. The fourth-order valence-corrected chi connectivity index (χ4v) is 0.893. The molecule has 0 spiro atoms. The third kappa shape index (κ3) is 6.54. The van der Waals surface area contributed by atoms with Crippen LogP contribution in [0.1, 0.15) is 27.2 Å². The standard InChI is InChI=1S/C9H19NO3/c1-4-9(12)10-5-8(6-11)13-7(2)3/h7-8,11H,4-6H2,1-3H3,(H,10,12). The summed E-state index contributed by atoms with van der Waals surface area (Å²) < 4.78 is 5.33. The molecule has 0 aromatic carbocycles. The minimum atomic E-state index is -0.296. The van der Waals surface area contributed by atoms with Gasteiger partial charge >= 0.3 is 0 Å². The minimum Gasteiger partial charge on any atom is -0.394 e. The van der Waals surface area contributed by atoms with Crippen LogP contribution in [0.15, 0.2) is 0 Å². The van der Waals surface area contributed by atoms with Gasteiger partial charge in [-0.25, -0.2) is 0 Å². The Kier molecular flexibility index (Phi) is 6.54. The van der Waals surface area contributed by atoms with E-state index in [1.54, 1.807) is 6.92 Å². The van der Waals surface area contributed by atoms with Crippen LogP contribution in [-0.2, 0) is 9.53 Å². The Hall–Kier alpha value is -0.610. The lowest BCUT2D eigenvalue weighted by Crippen LogP contribution is -2.36. The summed E-state index contributed by atoms with van der Waals surface area (Å²) in [6, 6.07) is 0. The van der Waals surface area contributed by atoms with Crippen molar-refractivity contribution in [3.63, 3.8) is 0 Å². The lowest BCUT2D eigenvalue weighted by molar-refractivity contribution is -0.122. The Morgan fingerprint density at radius 1 is 1.54 bits per heavy atom. The Bertz CT molecular complexity index is 148. The monoisotopic (exact) mass is 189 g/mol. The van der Waals surface area contributed by atoms with Crippen LogP contribution in [0.25, 0.3) is 0 Å². The van der Waals surface area contributed by atoms with Crippen LogP contribution in [0.5, 0.6) is 0 Å². The predicted molar refractivity (Wildman–Crippen MR) is 50.4 cm³/mol. The van der Waals surface area contributed by atoms with Crippen LogP contribution in [-0.4, -0.2) is 36.4 Å². The van der Waals surface area contributed by atoms with Crippen LogP contribution in [0.4, 0.5) is 0 Å². The molecule has 0 heterocycles. The van der Waals surface area contributed by atoms with Gasteiger partial charge in [-0.2, -0.15) is 0 Å². The van der Waals surface area contributed by atoms with Crippen molar-refractivity contribution in [3.05, 3.63) is 0 Å². The van der Waals surface area contributed by atoms with E-state index in [1.165, 1.54) is 0 Å². The molecule has 1 amide bonds. The molecule has 0 aliphatic heterocycles. The molecule has 0 fully saturated rings. The first-order chi connectivity index (χ1) is 6.10. The number of carbonyl (C=O) groups excluding carboxylic acids is 1. The van der Waals surface area contributed by atoms with Crippen molar-refractivity contribution in [2.45, 2.75) is 39.4 Å². The summed E-state index contributed by atoms with van der Waals surface area (Å²) in [6.45, 7) is 5.88. The maximum atomic E-state index is 10.9. The molecule has 0 bridgehead atoms. The second-order valence-corrected chi connectivity index (χ2v) is 3.15. The molecule has 0 aromatic rings. The Morgan fingerprint density at radius 2 is 2.15 bits per heavy atom. The second kappa shape index (κ2) is 6.86. The Morgan fingerprint density at radius 3 is 2.54 bits per heavy atom. The zero-order valence-electron chi connectivity index (χ0n) is 8.54. The van der Waals surface area contributed by atoms with E-state index >= 15 is 0 Å². The predicted octanol–water partition coefficient (Wildman–Crippen LogP) is 0.298. The van der Waals surface area contributed by atoms with Gasteiger partial charge in [0.15, 0.2) is 0 Å². The van der Waals surface area contributed by atoms with Crippen molar-refractivity contribution in [2.24, 2.45) is 0 Å². The average molecular weight is 189 g/mol. The zero-order valence-corrected chi connectivity index (χ0v) is 8.54. The molecule has 1 unspecified atom stereocenters. The van der Waals surface area contributed by atoms with E-state index in [4.69, 9.17) is 9.84 Å². The lowest BCUT2D eigenvalue weighted by atomic mass is 10.3. The number of hydrogen-bond donors (Lipinski definition) is 2. The van der Waals surface area contributed by atoms with Gasteiger partial charge < -0.3 is 15.2 Å². The summed E-state index contributed by atoms with van der Waals surface area (Å²) in [5.41, 5.74) is 0. The molecule has 0 saturated heterocycles. The molecule has 0 radical (unpaired) electrons. The number of amides is 1. The van der Waals surface area contributed by atoms with Gasteiger partial charge in [0.05, 0.1) is 18.8 Å². The average Bonchev–Trinajstić information content (AvgIpc) is 2.10. The van der Waals surface area contributed by atoms with Crippen molar-refractivity contribution in [1.29, 1.82) is 0 Å². The van der Waals surface area contributed by atoms with E-state index in [2.05, 4.69) is 5.32 Å². The van der Waals surface area contributed by atoms with Crippen LogP contribution < -0.4 is 5.32 Å². The van der Waals surface area contributed by atoms with Crippen molar-refractivity contribution in [2.75, 3.05) is 13.2 Å². The molecule has 0 saturated carbocycles. The number of aliphatic hydroxyl groups excluding tert-OH is 1. The van der Waals surface area contributed by atoms with E-state index in [1.807, 2.05) is 13.8 Å². The largest absolute Gasteiger partial charge is 0.394 e. The molecule has 0 aliphatic carbocycles. The smallest absolute Gasteiger partial charge is 0.219 e. The van der Waals surface area contributed by atoms with Gasteiger partial charge in [-0.05, 0) is 13.8 Å². The van der Waals surface area contributed by atoms with E-state index in [0.717, 1.165) is 0 Å². The van der Waals surface area contributed by atoms with Crippen LogP contribution in [0.2, 0.25) is 0 Å². The van der Waals surface area contributed by atoms with E-state index in [9.17, 15) is 4.79 Å². The zero-order chi connectivity index (χ0) is 10.3. The molecule has 4 nitrogen and oxygen atoms in total. The second-order valence-electron chi connectivity index (χ2n) is 3.15. The number of hydrogen-bond acceptors (Lipinski definition) is 3. The highest BCUT2D eigenvalue weighted by Gasteiger charge is 2.10. The first-order valence-corrected chi connectivity index (χ1v) is 4.63. The van der Waals surface area contributed by atoms with Crippen molar-refractivity contribution < 1.29 is 14.6 Å². The quantitative estimate of drug-likeness (QED) is 0.631. The van der Waals surface area contributed by atoms with Crippen LogP contribution in [0.3, 0.4) is 0 Å². The molecule has 1 atom stereocenters. The summed E-state index contributed by atoms with van der Waals surface area (Å²) in [4.78, 5) is 10.9. The molecule has 78 valence electrons. The molecular formula is C9H19NO3. The van der Waals surface area contributed by atoms with Crippen molar-refractivity contribution in [3.8, 4) is 0 Å². The van der Waals surface area contributed by atoms with Gasteiger partial charge in [0, 0.05) is 13.0 Å². The summed E-state index contributed by atoms with van der Waals surface area (Å²) in [5.74, 6) is -0.0224. The van der Waals surface area contributed by atoms with Gasteiger partial charge in [0.1, 0.15) is 0 Å². The maximum Gasteiger partial charge on any atom is 0.219 e. The lowest BCUT2D eigenvalue weighted by Gasteiger charge is -2.18. The third-order valence-corrected chi connectivity index (χ3v) is 1.52. The highest BCUT2D eigenvalue weighted by atomic mass is 16.5. The SMILES string of the molecule is CCC(=O)NCC(CO)OC(C)C. The van der Waals surface area contributed by atoms with Gasteiger partial charge in [0.25, 0.3) is 0 Å².